The van der Waals surface area contributed by atoms with Crippen LogP contribution in [0.15, 0.2) is 18.2 Å². The molecular formula is C12H12ClFO3. The highest BCUT2D eigenvalue weighted by molar-refractivity contribution is 6.34. The Kier molecular flexibility index (Phi) is 4.63. The molecule has 1 aromatic rings. The number of methoxy groups -OCH3 is 1. The average molecular weight is 259 g/mol. The maximum Gasteiger partial charge on any atom is 0.316 e. The van der Waals surface area contributed by atoms with E-state index in [-0.39, 0.29) is 10.6 Å². The minimum absolute atomic E-state index is 0.00245. The summed E-state index contributed by atoms with van der Waals surface area (Å²) in [7, 11) is 1.21. The third kappa shape index (κ3) is 3.03. The van der Waals surface area contributed by atoms with Crippen LogP contribution in [0.25, 0.3) is 0 Å². The number of carbonyl (C=O) groups excluding carboxylic acids is 2. The summed E-state index contributed by atoms with van der Waals surface area (Å²) in [5, 5.41) is -0.00245. The summed E-state index contributed by atoms with van der Waals surface area (Å²) in [4.78, 5) is 23.4. The topological polar surface area (TPSA) is 43.4 Å². The van der Waals surface area contributed by atoms with Gasteiger partial charge in [-0.05, 0) is 24.6 Å². The number of Topliss-reactive ketones (excluding diaryl/α,β-unsaturated/α-hetero) is 1. The van der Waals surface area contributed by atoms with Gasteiger partial charge in [0.1, 0.15) is 11.7 Å². The lowest BCUT2D eigenvalue weighted by Crippen LogP contribution is -2.25. The standard InChI is InChI=1S/C12H12ClFO3/c1-3-8(12(16)17-2)11(15)9-5-4-7(14)6-10(9)13/h4-6,8H,3H2,1-2H3. The fourth-order valence-electron chi connectivity index (χ4n) is 1.48. The Morgan fingerprint density at radius 3 is 2.59 bits per heavy atom. The molecule has 3 nitrogen and oxygen atoms in total. The molecule has 1 aromatic carbocycles. The van der Waals surface area contributed by atoms with Crippen LogP contribution in [0.4, 0.5) is 4.39 Å². The molecule has 0 aliphatic heterocycles. The molecular weight excluding hydrogens is 247 g/mol. The second kappa shape index (κ2) is 5.77. The second-order valence-corrected chi connectivity index (χ2v) is 3.88. The van der Waals surface area contributed by atoms with E-state index in [4.69, 9.17) is 11.6 Å². The number of esters is 1. The second-order valence-electron chi connectivity index (χ2n) is 3.47. The van der Waals surface area contributed by atoms with Crippen LogP contribution in [0.1, 0.15) is 23.7 Å². The maximum absolute atomic E-state index is 12.8. The third-order valence-corrected chi connectivity index (χ3v) is 2.72. The fourth-order valence-corrected chi connectivity index (χ4v) is 1.74. The van der Waals surface area contributed by atoms with Crippen LogP contribution in [0.3, 0.4) is 0 Å². The lowest BCUT2D eigenvalue weighted by atomic mass is 9.95. The zero-order chi connectivity index (χ0) is 13.0. The van der Waals surface area contributed by atoms with Crippen LogP contribution in [0.2, 0.25) is 5.02 Å². The highest BCUT2D eigenvalue weighted by Gasteiger charge is 2.28. The van der Waals surface area contributed by atoms with E-state index in [1.165, 1.54) is 13.2 Å². The van der Waals surface area contributed by atoms with Gasteiger partial charge in [-0.3, -0.25) is 9.59 Å². The minimum atomic E-state index is -0.900. The number of rotatable bonds is 4. The first-order valence-electron chi connectivity index (χ1n) is 5.08. The van der Waals surface area contributed by atoms with Gasteiger partial charge in [-0.25, -0.2) is 4.39 Å². The first-order valence-corrected chi connectivity index (χ1v) is 5.46. The van der Waals surface area contributed by atoms with Crippen LogP contribution in [0.5, 0.6) is 0 Å². The Morgan fingerprint density at radius 1 is 1.47 bits per heavy atom. The van der Waals surface area contributed by atoms with Gasteiger partial charge >= 0.3 is 5.97 Å². The van der Waals surface area contributed by atoms with Crippen LogP contribution in [0, 0.1) is 11.7 Å². The number of halogens is 2. The summed E-state index contributed by atoms with van der Waals surface area (Å²) < 4.78 is 17.4. The van der Waals surface area contributed by atoms with Crippen molar-refractivity contribution in [1.29, 1.82) is 0 Å². The van der Waals surface area contributed by atoms with Gasteiger partial charge in [-0.15, -0.1) is 0 Å². The SMILES string of the molecule is CCC(C(=O)OC)C(=O)c1ccc(F)cc1Cl. The van der Waals surface area contributed by atoms with Crippen LogP contribution in [-0.2, 0) is 9.53 Å². The van der Waals surface area contributed by atoms with Crippen molar-refractivity contribution in [1.82, 2.24) is 0 Å². The molecule has 0 bridgehead atoms. The monoisotopic (exact) mass is 258 g/mol. The lowest BCUT2D eigenvalue weighted by molar-refractivity contribution is -0.143. The lowest BCUT2D eigenvalue weighted by Gasteiger charge is -2.12. The van der Waals surface area contributed by atoms with Gasteiger partial charge in [0.05, 0.1) is 12.1 Å². The van der Waals surface area contributed by atoms with E-state index in [1.807, 2.05) is 0 Å². The minimum Gasteiger partial charge on any atom is -0.468 e. The number of hydrogen-bond acceptors (Lipinski definition) is 3. The van der Waals surface area contributed by atoms with Gasteiger partial charge in [0.15, 0.2) is 5.78 Å². The molecule has 0 heterocycles. The van der Waals surface area contributed by atoms with Crippen molar-refractivity contribution in [3.05, 3.63) is 34.6 Å². The van der Waals surface area contributed by atoms with Crippen LogP contribution in [-0.4, -0.2) is 18.9 Å². The molecule has 0 aliphatic carbocycles. The van der Waals surface area contributed by atoms with E-state index in [0.717, 1.165) is 12.1 Å². The fraction of sp³-hybridized carbons (Fsp3) is 0.333. The quantitative estimate of drug-likeness (QED) is 0.474. The normalized spacial score (nSPS) is 12.0. The van der Waals surface area contributed by atoms with E-state index in [9.17, 15) is 14.0 Å². The molecule has 5 heteroatoms. The van der Waals surface area contributed by atoms with E-state index in [1.54, 1.807) is 6.92 Å². The van der Waals surface area contributed by atoms with Crippen molar-refractivity contribution >= 4 is 23.4 Å². The molecule has 0 saturated heterocycles. The highest BCUT2D eigenvalue weighted by atomic mass is 35.5. The van der Waals surface area contributed by atoms with Crippen molar-refractivity contribution in [2.24, 2.45) is 5.92 Å². The maximum atomic E-state index is 12.8. The van der Waals surface area contributed by atoms with Crippen molar-refractivity contribution < 1.29 is 18.7 Å². The zero-order valence-corrected chi connectivity index (χ0v) is 10.3. The number of ether oxygens (including phenoxy) is 1. The Bertz CT molecular complexity index is 445. The number of ketones is 1. The number of benzene rings is 1. The molecule has 0 saturated carbocycles. The molecule has 1 unspecified atom stereocenters. The number of hydrogen-bond donors (Lipinski definition) is 0. The highest BCUT2D eigenvalue weighted by Crippen LogP contribution is 2.22. The third-order valence-electron chi connectivity index (χ3n) is 2.41. The van der Waals surface area contributed by atoms with Crippen LogP contribution < -0.4 is 0 Å². The molecule has 1 rings (SSSR count). The molecule has 17 heavy (non-hydrogen) atoms. The van der Waals surface area contributed by atoms with Crippen molar-refractivity contribution in [2.75, 3.05) is 7.11 Å². The van der Waals surface area contributed by atoms with E-state index < -0.39 is 23.5 Å². The van der Waals surface area contributed by atoms with Crippen molar-refractivity contribution in [3.8, 4) is 0 Å². The molecule has 0 fully saturated rings. The van der Waals surface area contributed by atoms with E-state index in [2.05, 4.69) is 4.74 Å². The Labute approximate surface area is 104 Å². The molecule has 0 aromatic heterocycles. The van der Waals surface area contributed by atoms with E-state index in [0.29, 0.717) is 6.42 Å². The predicted molar refractivity (Wildman–Crippen MR) is 61.5 cm³/mol. The summed E-state index contributed by atoms with van der Waals surface area (Å²) in [6.07, 6.45) is 0.305. The summed E-state index contributed by atoms with van der Waals surface area (Å²) >= 11 is 5.76. The first kappa shape index (κ1) is 13.6. The average Bonchev–Trinajstić information content (AvgIpc) is 2.29. The number of carbonyl (C=O) groups is 2. The zero-order valence-electron chi connectivity index (χ0n) is 9.50. The predicted octanol–water partition coefficient (Wildman–Crippen LogP) is 2.86. The molecule has 0 radical (unpaired) electrons. The van der Waals surface area contributed by atoms with Crippen molar-refractivity contribution in [3.63, 3.8) is 0 Å². The van der Waals surface area contributed by atoms with Gasteiger partial charge in [0, 0.05) is 5.56 Å². The summed E-state index contributed by atoms with van der Waals surface area (Å²) in [5.74, 6) is -2.50. The van der Waals surface area contributed by atoms with Gasteiger partial charge in [0.25, 0.3) is 0 Å². The van der Waals surface area contributed by atoms with E-state index >= 15 is 0 Å². The Hall–Kier alpha value is -1.42. The largest absolute Gasteiger partial charge is 0.468 e. The smallest absolute Gasteiger partial charge is 0.316 e. The van der Waals surface area contributed by atoms with Gasteiger partial charge < -0.3 is 4.74 Å². The van der Waals surface area contributed by atoms with Gasteiger partial charge in [-0.2, -0.15) is 0 Å². The summed E-state index contributed by atoms with van der Waals surface area (Å²) in [6.45, 7) is 1.69. The van der Waals surface area contributed by atoms with Crippen LogP contribution >= 0.6 is 11.6 Å². The molecule has 92 valence electrons. The molecule has 0 amide bonds. The van der Waals surface area contributed by atoms with Gasteiger partial charge in [-0.1, -0.05) is 18.5 Å². The summed E-state index contributed by atoms with van der Waals surface area (Å²) in [6, 6.07) is 3.44. The Balaban J connectivity index is 3.06. The first-order chi connectivity index (χ1) is 8.01. The molecule has 0 aliphatic rings. The Morgan fingerprint density at radius 2 is 2.12 bits per heavy atom. The molecule has 0 spiro atoms. The summed E-state index contributed by atoms with van der Waals surface area (Å²) in [5.41, 5.74) is 0.130. The van der Waals surface area contributed by atoms with Gasteiger partial charge in [0.2, 0.25) is 0 Å². The molecule has 0 N–H and O–H groups in total. The van der Waals surface area contributed by atoms with Crippen molar-refractivity contribution in [2.45, 2.75) is 13.3 Å². The molecule has 1 atom stereocenters.